The molecule has 3 heterocycles. The van der Waals surface area contributed by atoms with Gasteiger partial charge in [0.1, 0.15) is 5.82 Å². The Labute approximate surface area is 152 Å². The molecule has 1 amide bonds. The minimum atomic E-state index is -0.0286. The molecule has 0 radical (unpaired) electrons. The van der Waals surface area contributed by atoms with Crippen LogP contribution in [0.1, 0.15) is 40.2 Å². The fraction of sp³-hybridized carbons (Fsp3) is 0.500. The van der Waals surface area contributed by atoms with Crippen LogP contribution in [0, 0.1) is 13.8 Å². The molecule has 0 bridgehead atoms. The second-order valence-electron chi connectivity index (χ2n) is 6.41. The molecule has 1 aliphatic heterocycles. The van der Waals surface area contributed by atoms with E-state index in [1.807, 2.05) is 31.4 Å². The third-order valence-corrected chi connectivity index (χ3v) is 5.22. The molecule has 0 spiro atoms. The van der Waals surface area contributed by atoms with Crippen LogP contribution in [0.25, 0.3) is 0 Å². The Bertz CT molecular complexity index is 724. The third kappa shape index (κ3) is 4.92. The molecule has 0 aliphatic carbocycles. The number of nitrogens with zero attached hydrogens (tertiary/aromatic N) is 3. The van der Waals surface area contributed by atoms with Gasteiger partial charge < -0.3 is 15.5 Å². The zero-order valence-electron chi connectivity index (χ0n) is 14.8. The van der Waals surface area contributed by atoms with Gasteiger partial charge in [0.2, 0.25) is 5.95 Å². The van der Waals surface area contributed by atoms with Gasteiger partial charge in [0.15, 0.2) is 0 Å². The van der Waals surface area contributed by atoms with Crippen molar-refractivity contribution in [2.24, 2.45) is 0 Å². The number of aromatic nitrogens is 2. The Kier molecular flexibility index (Phi) is 5.86. The van der Waals surface area contributed by atoms with E-state index in [1.165, 1.54) is 30.6 Å². The van der Waals surface area contributed by atoms with Gasteiger partial charge in [-0.1, -0.05) is 0 Å². The third-order valence-electron chi connectivity index (χ3n) is 4.17. The summed E-state index contributed by atoms with van der Waals surface area (Å²) in [6, 6.07) is 3.94. The van der Waals surface area contributed by atoms with Crippen molar-refractivity contribution >= 4 is 29.0 Å². The molecule has 3 rings (SSSR count). The fourth-order valence-electron chi connectivity index (χ4n) is 2.90. The highest BCUT2D eigenvalue weighted by molar-refractivity contribution is 7.12. The lowest BCUT2D eigenvalue weighted by molar-refractivity contribution is 0.0959. The van der Waals surface area contributed by atoms with E-state index in [9.17, 15) is 4.79 Å². The second-order valence-corrected chi connectivity index (χ2v) is 7.32. The van der Waals surface area contributed by atoms with Gasteiger partial charge in [-0.2, -0.15) is 4.98 Å². The molecule has 7 heteroatoms. The van der Waals surface area contributed by atoms with Crippen LogP contribution in [0.2, 0.25) is 0 Å². The van der Waals surface area contributed by atoms with Gasteiger partial charge >= 0.3 is 0 Å². The summed E-state index contributed by atoms with van der Waals surface area (Å²) >= 11 is 1.47. The molecule has 2 N–H and O–H groups in total. The van der Waals surface area contributed by atoms with E-state index in [4.69, 9.17) is 0 Å². The highest BCUT2D eigenvalue weighted by atomic mass is 32.1. The lowest BCUT2D eigenvalue weighted by Gasteiger charge is -2.28. The van der Waals surface area contributed by atoms with Crippen LogP contribution in [-0.2, 0) is 0 Å². The molecule has 0 atom stereocenters. The second kappa shape index (κ2) is 8.29. The Morgan fingerprint density at radius 3 is 2.68 bits per heavy atom. The molecule has 1 fully saturated rings. The smallest absolute Gasteiger partial charge is 0.261 e. The monoisotopic (exact) mass is 359 g/mol. The lowest BCUT2D eigenvalue weighted by Crippen LogP contribution is -2.31. The largest absolute Gasteiger partial charge is 0.356 e. The van der Waals surface area contributed by atoms with Crippen LogP contribution in [0.4, 0.5) is 11.8 Å². The molecule has 1 aliphatic rings. The summed E-state index contributed by atoms with van der Waals surface area (Å²) in [5.74, 6) is 1.59. The molecule has 0 unspecified atom stereocenters. The summed E-state index contributed by atoms with van der Waals surface area (Å²) in [6.07, 6.45) is 3.75. The number of amides is 1. The predicted octanol–water partition coefficient (Wildman–Crippen LogP) is 2.99. The maximum atomic E-state index is 12.0. The van der Waals surface area contributed by atoms with E-state index in [1.54, 1.807) is 0 Å². The topological polar surface area (TPSA) is 70.2 Å². The minimum absolute atomic E-state index is 0.0286. The number of thiophene rings is 1. The van der Waals surface area contributed by atoms with Gasteiger partial charge in [-0.05, 0) is 50.1 Å². The number of nitrogens with one attached hydrogen (secondary N) is 2. The van der Waals surface area contributed by atoms with Crippen LogP contribution in [0.15, 0.2) is 17.5 Å². The normalized spacial score (nSPS) is 14.4. The molecular weight excluding hydrogens is 334 g/mol. The molecule has 0 aromatic carbocycles. The number of carbonyl (C=O) groups excluding carboxylic acids is 1. The van der Waals surface area contributed by atoms with E-state index >= 15 is 0 Å². The maximum absolute atomic E-state index is 12.0. The van der Waals surface area contributed by atoms with E-state index in [0.29, 0.717) is 19.0 Å². The maximum Gasteiger partial charge on any atom is 0.261 e. The van der Waals surface area contributed by atoms with Crippen molar-refractivity contribution in [2.75, 3.05) is 36.4 Å². The summed E-state index contributed by atoms with van der Waals surface area (Å²) in [4.78, 5) is 24.2. The number of piperidine rings is 1. The van der Waals surface area contributed by atoms with Crippen molar-refractivity contribution in [1.82, 2.24) is 15.3 Å². The molecular formula is C18H25N5OS. The number of hydrogen-bond donors (Lipinski definition) is 2. The summed E-state index contributed by atoms with van der Waals surface area (Å²) in [7, 11) is 0. The van der Waals surface area contributed by atoms with E-state index in [2.05, 4.69) is 25.5 Å². The Morgan fingerprint density at radius 2 is 1.96 bits per heavy atom. The van der Waals surface area contributed by atoms with Crippen LogP contribution in [-0.4, -0.2) is 42.1 Å². The molecule has 6 nitrogen and oxygen atoms in total. The minimum Gasteiger partial charge on any atom is -0.356 e. The van der Waals surface area contributed by atoms with Crippen molar-refractivity contribution in [3.05, 3.63) is 33.6 Å². The molecule has 0 saturated carbocycles. The Balaban J connectivity index is 1.51. The van der Waals surface area contributed by atoms with Crippen molar-refractivity contribution < 1.29 is 4.79 Å². The Hall–Kier alpha value is -2.15. The summed E-state index contributed by atoms with van der Waals surface area (Å²) in [5.41, 5.74) is 2.07. The van der Waals surface area contributed by atoms with Gasteiger partial charge in [0.25, 0.3) is 5.91 Å². The van der Waals surface area contributed by atoms with E-state index < -0.39 is 0 Å². The molecule has 2 aromatic heterocycles. The number of hydrogen-bond acceptors (Lipinski definition) is 6. The first-order valence-corrected chi connectivity index (χ1v) is 9.67. The summed E-state index contributed by atoms with van der Waals surface area (Å²) in [6.45, 7) is 7.23. The summed E-state index contributed by atoms with van der Waals surface area (Å²) < 4.78 is 0. The number of rotatable bonds is 6. The quantitative estimate of drug-likeness (QED) is 0.776. The molecule has 2 aromatic rings. The van der Waals surface area contributed by atoms with Gasteiger partial charge in [-0.3, -0.25) is 4.79 Å². The zero-order valence-corrected chi connectivity index (χ0v) is 15.7. The van der Waals surface area contributed by atoms with Gasteiger partial charge in [-0.25, -0.2) is 4.98 Å². The lowest BCUT2D eigenvalue weighted by atomic mass is 10.1. The predicted molar refractivity (Wildman–Crippen MR) is 103 cm³/mol. The molecule has 134 valence electrons. The first-order valence-electron chi connectivity index (χ1n) is 8.79. The number of aryl methyl sites for hydroxylation is 2. The van der Waals surface area contributed by atoms with Crippen LogP contribution in [0.3, 0.4) is 0 Å². The van der Waals surface area contributed by atoms with Crippen molar-refractivity contribution in [3.8, 4) is 0 Å². The van der Waals surface area contributed by atoms with Crippen molar-refractivity contribution in [2.45, 2.75) is 33.1 Å². The number of anilines is 2. The van der Waals surface area contributed by atoms with E-state index in [-0.39, 0.29) is 5.91 Å². The average molecular weight is 359 g/mol. The molecule has 1 saturated heterocycles. The standard InChI is InChI=1S/C18H25N5OS/c1-13-10-15(25-12-13)17(24)19-6-7-20-18-21-14(2)11-16(22-18)23-8-4-3-5-9-23/h10-12H,3-9H2,1-2H3,(H,19,24)(H,20,21,22). The van der Waals surface area contributed by atoms with Crippen LogP contribution < -0.4 is 15.5 Å². The van der Waals surface area contributed by atoms with Crippen molar-refractivity contribution in [1.29, 1.82) is 0 Å². The van der Waals surface area contributed by atoms with Crippen molar-refractivity contribution in [3.63, 3.8) is 0 Å². The van der Waals surface area contributed by atoms with Gasteiger partial charge in [0.05, 0.1) is 4.88 Å². The van der Waals surface area contributed by atoms with E-state index in [0.717, 1.165) is 35.0 Å². The average Bonchev–Trinajstić information content (AvgIpc) is 3.05. The summed E-state index contributed by atoms with van der Waals surface area (Å²) in [5, 5.41) is 8.12. The molecule has 25 heavy (non-hydrogen) atoms. The van der Waals surface area contributed by atoms with Gasteiger partial charge in [0, 0.05) is 37.9 Å². The first-order chi connectivity index (χ1) is 12.1. The SMILES string of the molecule is Cc1csc(C(=O)NCCNc2nc(C)cc(N3CCCCC3)n2)c1. The fourth-order valence-corrected chi connectivity index (χ4v) is 3.72. The number of carbonyl (C=O) groups is 1. The zero-order chi connectivity index (χ0) is 17.6. The van der Waals surface area contributed by atoms with Gasteiger partial charge in [-0.15, -0.1) is 11.3 Å². The first kappa shape index (κ1) is 17.7. The Morgan fingerprint density at radius 1 is 1.16 bits per heavy atom. The van der Waals surface area contributed by atoms with Crippen LogP contribution >= 0.6 is 11.3 Å². The van der Waals surface area contributed by atoms with Crippen LogP contribution in [0.5, 0.6) is 0 Å². The highest BCUT2D eigenvalue weighted by Gasteiger charge is 2.14. The highest BCUT2D eigenvalue weighted by Crippen LogP contribution is 2.19.